The average molecular weight is 385 g/mol. The summed E-state index contributed by atoms with van der Waals surface area (Å²) >= 11 is 3.18. The van der Waals surface area contributed by atoms with Gasteiger partial charge in [-0.15, -0.1) is 23.5 Å². The second-order valence-corrected chi connectivity index (χ2v) is 11.8. The summed E-state index contributed by atoms with van der Waals surface area (Å²) in [4.78, 5) is 11.9. The van der Waals surface area contributed by atoms with Crippen molar-refractivity contribution >= 4 is 29.5 Å². The highest BCUT2D eigenvalue weighted by Crippen LogP contribution is 2.42. The summed E-state index contributed by atoms with van der Waals surface area (Å²) in [5, 5.41) is 19.7. The third-order valence-corrected chi connectivity index (χ3v) is 6.81. The van der Waals surface area contributed by atoms with Gasteiger partial charge < -0.3 is 10.2 Å². The normalized spacial score (nSPS) is 13.1. The summed E-state index contributed by atoms with van der Waals surface area (Å²) in [7, 11) is 0. The van der Waals surface area contributed by atoms with Gasteiger partial charge in [-0.05, 0) is 36.8 Å². The van der Waals surface area contributed by atoms with E-state index >= 15 is 0 Å². The van der Waals surface area contributed by atoms with Crippen molar-refractivity contribution < 1.29 is 15.0 Å². The standard InChI is InChI=1S/C20H32O3S2/c1-18(2,3)14-9-13(10-15(17(14)23)19(4,5)6)24-12-20(7,8)25-11-16(21)22/h9-10,23H,11-12H2,1-8H3,(H,21,22). The van der Waals surface area contributed by atoms with Crippen LogP contribution in [0.15, 0.2) is 17.0 Å². The van der Waals surface area contributed by atoms with Crippen LogP contribution in [0.4, 0.5) is 0 Å². The van der Waals surface area contributed by atoms with Crippen molar-refractivity contribution in [3.63, 3.8) is 0 Å². The fourth-order valence-electron chi connectivity index (χ4n) is 2.39. The molecule has 2 N–H and O–H groups in total. The molecule has 0 aromatic heterocycles. The van der Waals surface area contributed by atoms with Crippen molar-refractivity contribution in [1.82, 2.24) is 0 Å². The van der Waals surface area contributed by atoms with Crippen LogP contribution in [0.25, 0.3) is 0 Å². The fraction of sp³-hybridized carbons (Fsp3) is 0.650. The lowest BCUT2D eigenvalue weighted by Gasteiger charge is -2.29. The van der Waals surface area contributed by atoms with Crippen LogP contribution in [0.3, 0.4) is 0 Å². The molecule has 1 aromatic rings. The van der Waals surface area contributed by atoms with E-state index in [-0.39, 0.29) is 21.3 Å². The molecule has 0 radical (unpaired) electrons. The van der Waals surface area contributed by atoms with Crippen LogP contribution in [0.5, 0.6) is 5.75 Å². The molecular weight excluding hydrogens is 352 g/mol. The Bertz CT molecular complexity index is 588. The number of phenolic OH excluding ortho intramolecular Hbond substituents is 1. The number of aromatic hydroxyl groups is 1. The first kappa shape index (κ1) is 22.2. The Kier molecular flexibility index (Phi) is 6.96. The van der Waals surface area contributed by atoms with E-state index in [9.17, 15) is 9.90 Å². The van der Waals surface area contributed by atoms with Crippen LogP contribution in [0, 0.1) is 0 Å². The molecule has 0 saturated heterocycles. The number of rotatable bonds is 6. The van der Waals surface area contributed by atoms with Crippen LogP contribution >= 0.6 is 23.5 Å². The molecule has 0 unspecified atom stereocenters. The predicted molar refractivity (Wildman–Crippen MR) is 110 cm³/mol. The minimum Gasteiger partial charge on any atom is -0.507 e. The van der Waals surface area contributed by atoms with Crippen LogP contribution in [-0.4, -0.2) is 32.4 Å². The van der Waals surface area contributed by atoms with E-state index < -0.39 is 5.97 Å². The second kappa shape index (κ2) is 7.83. The van der Waals surface area contributed by atoms with Crippen molar-refractivity contribution in [2.45, 2.75) is 75.9 Å². The molecule has 1 rings (SSSR count). The van der Waals surface area contributed by atoms with Gasteiger partial charge in [-0.2, -0.15) is 0 Å². The first-order valence-corrected chi connectivity index (χ1v) is 10.5. The predicted octanol–water partition coefficient (Wildman–Crippen LogP) is 5.68. The number of carbonyl (C=O) groups is 1. The number of hydrogen-bond acceptors (Lipinski definition) is 4. The first-order valence-electron chi connectivity index (χ1n) is 8.50. The van der Waals surface area contributed by atoms with Gasteiger partial charge in [0.2, 0.25) is 0 Å². The Morgan fingerprint density at radius 1 is 0.960 bits per heavy atom. The summed E-state index contributed by atoms with van der Waals surface area (Å²) in [5.41, 5.74) is 1.62. The van der Waals surface area contributed by atoms with Gasteiger partial charge in [0.1, 0.15) is 5.75 Å². The second-order valence-electron chi connectivity index (χ2n) is 9.10. The maximum absolute atomic E-state index is 10.8. The fourth-order valence-corrected chi connectivity index (χ4v) is 4.33. The number of hydrogen-bond donors (Lipinski definition) is 2. The third-order valence-electron chi connectivity index (χ3n) is 3.87. The van der Waals surface area contributed by atoms with Gasteiger partial charge in [0.15, 0.2) is 0 Å². The molecule has 1 aromatic carbocycles. The van der Waals surface area contributed by atoms with E-state index in [1.165, 1.54) is 11.8 Å². The van der Waals surface area contributed by atoms with Crippen molar-refractivity contribution in [3.8, 4) is 5.75 Å². The van der Waals surface area contributed by atoms with E-state index in [2.05, 4.69) is 67.5 Å². The highest BCUT2D eigenvalue weighted by molar-refractivity contribution is 8.04. The van der Waals surface area contributed by atoms with Crippen molar-refractivity contribution in [3.05, 3.63) is 23.3 Å². The lowest BCUT2D eigenvalue weighted by Crippen LogP contribution is -2.21. The van der Waals surface area contributed by atoms with Crippen molar-refractivity contribution in [1.29, 1.82) is 0 Å². The molecule has 0 aliphatic carbocycles. The molecule has 0 aliphatic rings. The van der Waals surface area contributed by atoms with E-state index in [1.807, 2.05) is 0 Å². The Hall–Kier alpha value is -0.810. The Labute approximate surface area is 161 Å². The summed E-state index contributed by atoms with van der Waals surface area (Å²) in [6.45, 7) is 16.8. The summed E-state index contributed by atoms with van der Waals surface area (Å²) in [6, 6.07) is 4.15. The zero-order valence-corrected chi connectivity index (χ0v) is 18.3. The highest BCUT2D eigenvalue weighted by Gasteiger charge is 2.27. The summed E-state index contributed by atoms with van der Waals surface area (Å²) in [6.07, 6.45) is 0. The largest absolute Gasteiger partial charge is 0.507 e. The molecule has 3 nitrogen and oxygen atoms in total. The third kappa shape index (κ3) is 6.78. The molecule has 142 valence electrons. The molecule has 0 fully saturated rings. The lowest BCUT2D eigenvalue weighted by molar-refractivity contribution is -0.133. The zero-order valence-electron chi connectivity index (χ0n) is 16.7. The van der Waals surface area contributed by atoms with Gasteiger partial charge in [-0.1, -0.05) is 41.5 Å². The van der Waals surface area contributed by atoms with Gasteiger partial charge >= 0.3 is 5.97 Å². The minimum atomic E-state index is -0.780. The van der Waals surface area contributed by atoms with Crippen molar-refractivity contribution in [2.75, 3.05) is 11.5 Å². The van der Waals surface area contributed by atoms with Gasteiger partial charge in [0.05, 0.1) is 5.75 Å². The van der Waals surface area contributed by atoms with Gasteiger partial charge in [0, 0.05) is 26.5 Å². The van der Waals surface area contributed by atoms with E-state index in [1.54, 1.807) is 11.8 Å². The molecule has 5 heteroatoms. The molecule has 0 heterocycles. The number of benzene rings is 1. The molecule has 0 saturated carbocycles. The van der Waals surface area contributed by atoms with E-state index in [0.29, 0.717) is 5.75 Å². The molecule has 25 heavy (non-hydrogen) atoms. The van der Waals surface area contributed by atoms with Crippen molar-refractivity contribution in [2.24, 2.45) is 0 Å². The van der Waals surface area contributed by atoms with E-state index in [4.69, 9.17) is 5.11 Å². The van der Waals surface area contributed by atoms with E-state index in [0.717, 1.165) is 21.8 Å². The van der Waals surface area contributed by atoms with Gasteiger partial charge in [-0.25, -0.2) is 0 Å². The maximum atomic E-state index is 10.8. The smallest absolute Gasteiger partial charge is 0.313 e. The molecule has 0 spiro atoms. The average Bonchev–Trinajstić information content (AvgIpc) is 2.41. The zero-order chi connectivity index (χ0) is 19.6. The van der Waals surface area contributed by atoms with Crippen LogP contribution < -0.4 is 0 Å². The van der Waals surface area contributed by atoms with Crippen LogP contribution in [0.2, 0.25) is 0 Å². The Balaban J connectivity index is 3.13. The number of phenols is 1. The molecular formula is C20H32O3S2. The van der Waals surface area contributed by atoms with Gasteiger partial charge in [0.25, 0.3) is 0 Å². The number of thioether (sulfide) groups is 2. The first-order chi connectivity index (χ1) is 11.1. The molecule has 0 bridgehead atoms. The number of carboxylic acid groups (broad SMARTS) is 1. The molecule has 0 amide bonds. The SMILES string of the molecule is CC(C)(CSc1cc(C(C)(C)C)c(O)c(C(C)(C)C)c1)SCC(=O)O. The molecule has 0 aliphatic heterocycles. The van der Waals surface area contributed by atoms with Crippen LogP contribution in [-0.2, 0) is 15.6 Å². The minimum absolute atomic E-state index is 0.115. The Morgan fingerprint density at radius 3 is 1.76 bits per heavy atom. The molecule has 0 atom stereocenters. The summed E-state index contributed by atoms with van der Waals surface area (Å²) in [5.74, 6) is 0.536. The number of aliphatic carboxylic acids is 1. The number of carboxylic acids is 1. The maximum Gasteiger partial charge on any atom is 0.313 e. The van der Waals surface area contributed by atoms with Gasteiger partial charge in [-0.3, -0.25) is 4.79 Å². The Morgan fingerprint density at radius 2 is 1.40 bits per heavy atom. The van der Waals surface area contributed by atoms with Crippen LogP contribution in [0.1, 0.15) is 66.5 Å². The topological polar surface area (TPSA) is 57.5 Å². The monoisotopic (exact) mass is 384 g/mol. The summed E-state index contributed by atoms with van der Waals surface area (Å²) < 4.78 is -0.134. The lowest BCUT2D eigenvalue weighted by atomic mass is 9.79. The quantitative estimate of drug-likeness (QED) is 0.618. The highest BCUT2D eigenvalue weighted by atomic mass is 32.2.